The molecule has 3 aliphatic rings. The molecule has 7 heteroatoms. The van der Waals surface area contributed by atoms with E-state index in [1.165, 1.54) is 11.8 Å². The number of carbonyl (C=O) groups excluding carboxylic acids is 2. The van der Waals surface area contributed by atoms with Crippen molar-refractivity contribution in [2.75, 3.05) is 5.75 Å². The fourth-order valence-electron chi connectivity index (χ4n) is 7.18. The largest absolute Gasteiger partial charge is 0.461 e. The number of nitrogens with zero attached hydrogens (tertiary/aromatic N) is 2. The summed E-state index contributed by atoms with van der Waals surface area (Å²) < 4.78 is 6.22. The Morgan fingerprint density at radius 2 is 2.00 bits per heavy atom. The average molecular weight is 473 g/mol. The van der Waals surface area contributed by atoms with E-state index in [1.807, 2.05) is 13.0 Å². The number of esters is 1. The topological polar surface area (TPSA) is 89.4 Å². The minimum absolute atomic E-state index is 0.0359. The zero-order valence-corrected chi connectivity index (χ0v) is 20.9. The van der Waals surface area contributed by atoms with E-state index in [1.54, 1.807) is 18.5 Å². The molecule has 0 unspecified atom stereocenters. The van der Waals surface area contributed by atoms with Gasteiger partial charge < -0.3 is 9.84 Å². The third-order valence-corrected chi connectivity index (χ3v) is 10.3. The van der Waals surface area contributed by atoms with Gasteiger partial charge in [-0.2, -0.15) is 0 Å². The molecule has 0 aromatic carbocycles. The Labute approximate surface area is 201 Å². The highest BCUT2D eigenvalue weighted by Crippen LogP contribution is 2.68. The summed E-state index contributed by atoms with van der Waals surface area (Å²) in [7, 11) is 0. The number of aliphatic hydroxyl groups excluding tert-OH is 1. The van der Waals surface area contributed by atoms with Crippen molar-refractivity contribution < 1.29 is 19.4 Å². The molecule has 180 valence electrons. The van der Waals surface area contributed by atoms with Crippen LogP contribution < -0.4 is 0 Å². The van der Waals surface area contributed by atoms with Gasteiger partial charge in [-0.25, -0.2) is 9.97 Å². The van der Waals surface area contributed by atoms with Crippen molar-refractivity contribution in [3.63, 3.8) is 0 Å². The lowest BCUT2D eigenvalue weighted by molar-refractivity contribution is -0.205. The Bertz CT molecular complexity index is 926. The predicted octanol–water partition coefficient (Wildman–Crippen LogP) is 4.48. The van der Waals surface area contributed by atoms with Gasteiger partial charge in [-0.05, 0) is 49.0 Å². The third-order valence-electron chi connectivity index (χ3n) is 9.44. The Balaban J connectivity index is 1.70. The number of ether oxygens (including phenoxy) is 1. The standard InChI is InChI=1S/C26H36N2O4S/c1-6-24(4)14-19(32-20(30)15-33-23-27-12-7-13-28-23)25(5)16(2)8-10-26(17(3)22(24)31)11-9-18(29)21(25)26/h6-7,12-13,16-17,19,21-22,31H,1,8-11,14-15H2,2-5H3/t16-,17+,19-,21+,22+,24-,25+,26+/m1/s1. The van der Waals surface area contributed by atoms with Crippen LogP contribution in [0.1, 0.15) is 59.8 Å². The van der Waals surface area contributed by atoms with E-state index in [2.05, 4.69) is 37.3 Å². The number of rotatable bonds is 5. The molecule has 0 radical (unpaired) electrons. The first-order valence-corrected chi connectivity index (χ1v) is 13.0. The number of hydrogen-bond donors (Lipinski definition) is 1. The van der Waals surface area contributed by atoms with Crippen LogP contribution in [0.4, 0.5) is 0 Å². The molecule has 1 aromatic heterocycles. The van der Waals surface area contributed by atoms with Crippen molar-refractivity contribution in [2.24, 2.45) is 34.0 Å². The van der Waals surface area contributed by atoms with Crippen molar-refractivity contribution in [2.45, 2.75) is 77.2 Å². The number of ketones is 1. The monoisotopic (exact) mass is 472 g/mol. The summed E-state index contributed by atoms with van der Waals surface area (Å²) in [5.74, 6) is -0.0159. The van der Waals surface area contributed by atoms with Gasteiger partial charge in [-0.15, -0.1) is 6.58 Å². The van der Waals surface area contributed by atoms with Crippen molar-refractivity contribution >= 4 is 23.5 Å². The molecule has 6 nitrogen and oxygen atoms in total. The summed E-state index contributed by atoms with van der Waals surface area (Å²) in [5, 5.41) is 12.1. The highest BCUT2D eigenvalue weighted by molar-refractivity contribution is 7.99. The van der Waals surface area contributed by atoms with E-state index < -0.39 is 23.0 Å². The van der Waals surface area contributed by atoms with Crippen LogP contribution in [0, 0.1) is 34.0 Å². The van der Waals surface area contributed by atoms with Crippen LogP contribution in [0.25, 0.3) is 0 Å². The van der Waals surface area contributed by atoms with Gasteiger partial charge in [0.15, 0.2) is 5.16 Å². The van der Waals surface area contributed by atoms with Crippen molar-refractivity contribution in [3.05, 3.63) is 31.1 Å². The summed E-state index contributed by atoms with van der Waals surface area (Å²) in [6, 6.07) is 1.73. The predicted molar refractivity (Wildman–Crippen MR) is 127 cm³/mol. The summed E-state index contributed by atoms with van der Waals surface area (Å²) in [5.41, 5.74) is -1.38. The van der Waals surface area contributed by atoms with Crippen molar-refractivity contribution in [1.29, 1.82) is 0 Å². The van der Waals surface area contributed by atoms with Crippen LogP contribution in [0.5, 0.6) is 0 Å². The SMILES string of the molecule is C=C[C@]1(C)C[C@@H](OC(=O)CSc2ncccn2)[C@]2(C)[C@H](C)CC[C@]3(CCC(=O)[C@H]32)[C@@H](C)[C@@H]1O. The molecular weight excluding hydrogens is 436 g/mol. The molecule has 0 amide bonds. The van der Waals surface area contributed by atoms with Gasteiger partial charge in [-0.1, -0.05) is 45.5 Å². The van der Waals surface area contributed by atoms with E-state index in [4.69, 9.17) is 4.74 Å². The number of aromatic nitrogens is 2. The Kier molecular flexibility index (Phi) is 6.51. The van der Waals surface area contributed by atoms with Gasteiger partial charge in [0.2, 0.25) is 0 Å². The van der Waals surface area contributed by atoms with Crippen LogP contribution in [0.15, 0.2) is 36.3 Å². The second kappa shape index (κ2) is 8.81. The lowest BCUT2D eigenvalue weighted by atomic mass is 9.44. The van der Waals surface area contributed by atoms with Gasteiger partial charge in [0.25, 0.3) is 0 Å². The van der Waals surface area contributed by atoms with E-state index in [0.29, 0.717) is 18.0 Å². The van der Waals surface area contributed by atoms with E-state index in [0.717, 1.165) is 19.3 Å². The molecule has 1 N–H and O–H groups in total. The second-order valence-corrected chi connectivity index (χ2v) is 11.8. The van der Waals surface area contributed by atoms with Gasteiger partial charge in [-0.3, -0.25) is 9.59 Å². The number of carbonyl (C=O) groups is 2. The Morgan fingerprint density at radius 1 is 1.30 bits per heavy atom. The maximum absolute atomic E-state index is 13.4. The maximum atomic E-state index is 13.4. The first-order valence-electron chi connectivity index (χ1n) is 12.0. The minimum atomic E-state index is -0.658. The molecule has 1 heterocycles. The van der Waals surface area contributed by atoms with Gasteiger partial charge in [0.1, 0.15) is 11.9 Å². The maximum Gasteiger partial charge on any atom is 0.316 e. The molecule has 0 saturated heterocycles. The minimum Gasteiger partial charge on any atom is -0.461 e. The van der Waals surface area contributed by atoms with E-state index in [9.17, 15) is 14.7 Å². The number of Topliss-reactive ketones (excluding diaryl/α,β-unsaturated/α-hetero) is 1. The zero-order chi connectivity index (χ0) is 24.0. The molecule has 0 aliphatic heterocycles. The molecule has 33 heavy (non-hydrogen) atoms. The quantitative estimate of drug-likeness (QED) is 0.293. The van der Waals surface area contributed by atoms with Crippen LogP contribution >= 0.6 is 11.8 Å². The van der Waals surface area contributed by atoms with Gasteiger partial charge >= 0.3 is 5.97 Å². The Morgan fingerprint density at radius 3 is 2.67 bits per heavy atom. The van der Waals surface area contributed by atoms with Crippen molar-refractivity contribution in [3.8, 4) is 0 Å². The Hall–Kier alpha value is -1.73. The lowest BCUT2D eigenvalue weighted by Crippen LogP contribution is -2.63. The third kappa shape index (κ3) is 3.85. The second-order valence-electron chi connectivity index (χ2n) is 10.9. The number of aliphatic hydroxyl groups is 1. The van der Waals surface area contributed by atoms with Crippen LogP contribution in [0.3, 0.4) is 0 Å². The van der Waals surface area contributed by atoms with Crippen LogP contribution in [0.2, 0.25) is 0 Å². The molecule has 2 bridgehead atoms. The van der Waals surface area contributed by atoms with Crippen LogP contribution in [-0.4, -0.2) is 44.8 Å². The molecule has 3 saturated carbocycles. The number of hydrogen-bond acceptors (Lipinski definition) is 7. The summed E-state index contributed by atoms with van der Waals surface area (Å²) in [6.07, 6.45) is 7.62. The highest BCUT2D eigenvalue weighted by Gasteiger charge is 2.68. The molecule has 4 rings (SSSR count). The molecule has 8 atom stereocenters. The van der Waals surface area contributed by atoms with E-state index >= 15 is 0 Å². The van der Waals surface area contributed by atoms with Crippen molar-refractivity contribution in [1.82, 2.24) is 9.97 Å². The smallest absolute Gasteiger partial charge is 0.316 e. The molecule has 3 fully saturated rings. The molecule has 1 aromatic rings. The average Bonchev–Trinajstić information content (AvgIpc) is 3.17. The fraction of sp³-hybridized carbons (Fsp3) is 0.692. The fourth-order valence-corrected chi connectivity index (χ4v) is 7.76. The first-order chi connectivity index (χ1) is 15.6. The highest BCUT2D eigenvalue weighted by atomic mass is 32.2. The van der Waals surface area contributed by atoms with Crippen LogP contribution in [-0.2, 0) is 14.3 Å². The van der Waals surface area contributed by atoms with E-state index in [-0.39, 0.29) is 40.7 Å². The number of thioether (sulfide) groups is 1. The zero-order valence-electron chi connectivity index (χ0n) is 20.1. The molecule has 0 spiro atoms. The first kappa shape index (κ1) is 24.4. The summed E-state index contributed by atoms with van der Waals surface area (Å²) in [6.45, 7) is 12.5. The molecule has 3 aliphatic carbocycles. The summed E-state index contributed by atoms with van der Waals surface area (Å²) in [4.78, 5) is 34.8. The van der Waals surface area contributed by atoms with Gasteiger partial charge in [0.05, 0.1) is 11.9 Å². The molecular formula is C26H36N2O4S. The van der Waals surface area contributed by atoms with Gasteiger partial charge in [0, 0.05) is 35.6 Å². The lowest BCUT2D eigenvalue weighted by Gasteiger charge is -2.61. The normalized spacial score (nSPS) is 42.7. The summed E-state index contributed by atoms with van der Waals surface area (Å²) >= 11 is 1.24.